The summed E-state index contributed by atoms with van der Waals surface area (Å²) < 4.78 is 19.4. The van der Waals surface area contributed by atoms with E-state index in [-0.39, 0.29) is 12.4 Å². The average molecular weight is 357 g/mol. The Labute approximate surface area is 145 Å². The van der Waals surface area contributed by atoms with E-state index in [0.717, 1.165) is 0 Å². The molecule has 25 heavy (non-hydrogen) atoms. The summed E-state index contributed by atoms with van der Waals surface area (Å²) >= 11 is 0. The number of hydrogen-bond donors (Lipinski definition) is 0. The van der Waals surface area contributed by atoms with Gasteiger partial charge >= 0.3 is 18.0 Å². The molecule has 0 saturated carbocycles. The van der Waals surface area contributed by atoms with Gasteiger partial charge in [-0.25, -0.2) is 4.79 Å². The number of carbonyl (C=O) groups is 4. The predicted molar refractivity (Wildman–Crippen MR) is 83.8 cm³/mol. The van der Waals surface area contributed by atoms with E-state index in [2.05, 4.69) is 9.47 Å². The lowest BCUT2D eigenvalue weighted by atomic mass is 10.1. The maximum Gasteiger partial charge on any atom is 0.414 e. The minimum atomic E-state index is -1.42. The third-order valence-corrected chi connectivity index (χ3v) is 2.75. The van der Waals surface area contributed by atoms with Gasteiger partial charge in [-0.2, -0.15) is 0 Å². The van der Waals surface area contributed by atoms with Crippen molar-refractivity contribution < 1.29 is 38.1 Å². The van der Waals surface area contributed by atoms with Crippen LogP contribution >= 0.6 is 0 Å². The van der Waals surface area contributed by atoms with Gasteiger partial charge < -0.3 is 23.7 Å². The highest BCUT2D eigenvalue weighted by atomic mass is 16.7. The summed E-state index contributed by atoms with van der Waals surface area (Å²) in [6.45, 7) is 9.44. The molecule has 0 unspecified atom stereocenters. The van der Waals surface area contributed by atoms with Gasteiger partial charge in [0.2, 0.25) is 5.92 Å². The highest BCUT2D eigenvalue weighted by Gasteiger charge is 2.43. The van der Waals surface area contributed by atoms with Gasteiger partial charge in [-0.05, 0) is 20.8 Å². The molecule has 0 aromatic heterocycles. The van der Waals surface area contributed by atoms with E-state index in [1.165, 1.54) is 25.0 Å². The van der Waals surface area contributed by atoms with Crippen LogP contribution in [0.25, 0.3) is 0 Å². The highest BCUT2D eigenvalue weighted by Crippen LogP contribution is 2.21. The second-order valence-electron chi connectivity index (χ2n) is 6.69. The van der Waals surface area contributed by atoms with Crippen LogP contribution in [0.2, 0.25) is 0 Å². The van der Waals surface area contributed by atoms with Crippen molar-refractivity contribution in [2.75, 3.05) is 13.2 Å². The fourth-order valence-corrected chi connectivity index (χ4v) is 1.72. The molecular weight excluding hydrogens is 334 g/mol. The lowest BCUT2D eigenvalue weighted by Gasteiger charge is -2.30. The Morgan fingerprint density at radius 3 is 2.24 bits per heavy atom. The van der Waals surface area contributed by atoms with Gasteiger partial charge in [0.25, 0.3) is 5.79 Å². The van der Waals surface area contributed by atoms with Crippen LogP contribution in [-0.4, -0.2) is 53.8 Å². The lowest BCUT2D eigenvalue weighted by Crippen LogP contribution is -2.46. The number of amides is 1. The van der Waals surface area contributed by atoms with Crippen LogP contribution in [0.15, 0.2) is 12.5 Å². The fraction of sp³-hybridized carbons (Fsp3) is 0.625. The second-order valence-corrected chi connectivity index (χ2v) is 6.69. The Kier molecular flexibility index (Phi) is 6.55. The Bertz CT molecular complexity index is 541. The van der Waals surface area contributed by atoms with E-state index in [1.54, 1.807) is 6.20 Å². The normalized spacial score (nSPS) is 19.6. The van der Waals surface area contributed by atoms with Crippen molar-refractivity contribution >= 4 is 24.3 Å². The van der Waals surface area contributed by atoms with Crippen LogP contribution in [0, 0.1) is 5.92 Å². The first-order valence-electron chi connectivity index (χ1n) is 7.64. The van der Waals surface area contributed by atoms with Crippen molar-refractivity contribution in [2.24, 2.45) is 5.92 Å². The maximum atomic E-state index is 11.4. The topological polar surface area (TPSA) is 108 Å². The molecule has 2 aliphatic heterocycles. The second kappa shape index (κ2) is 8.00. The molecule has 140 valence electrons. The van der Waals surface area contributed by atoms with Crippen LogP contribution in [-0.2, 0) is 33.3 Å². The third-order valence-electron chi connectivity index (χ3n) is 2.75. The molecule has 2 heterocycles. The first-order valence-corrected chi connectivity index (χ1v) is 7.64. The number of aldehydes is 1. The van der Waals surface area contributed by atoms with E-state index in [4.69, 9.17) is 9.47 Å². The zero-order valence-corrected chi connectivity index (χ0v) is 14.9. The zero-order valence-electron chi connectivity index (χ0n) is 14.9. The lowest BCUT2D eigenvalue weighted by molar-refractivity contribution is -0.237. The number of cyclic esters (lactones) is 2. The van der Waals surface area contributed by atoms with Crippen molar-refractivity contribution in [3.8, 4) is 0 Å². The fourth-order valence-electron chi connectivity index (χ4n) is 1.72. The van der Waals surface area contributed by atoms with Gasteiger partial charge in [0.05, 0.1) is 12.8 Å². The molecule has 2 rings (SSSR count). The molecule has 9 heteroatoms. The molecule has 1 saturated heterocycles. The predicted octanol–water partition coefficient (Wildman–Crippen LogP) is 1.36. The number of rotatable bonds is 1. The molecule has 0 spiro atoms. The summed E-state index contributed by atoms with van der Waals surface area (Å²) in [5, 5.41) is 0. The number of hydrogen-bond acceptors (Lipinski definition) is 8. The summed E-state index contributed by atoms with van der Waals surface area (Å²) in [7, 11) is 0. The highest BCUT2D eigenvalue weighted by molar-refractivity contribution is 6.08. The number of carbonyl (C=O) groups excluding carboxylic acids is 4. The molecule has 0 N–H and O–H groups in total. The zero-order chi connectivity index (χ0) is 19.3. The summed E-state index contributed by atoms with van der Waals surface area (Å²) in [6.07, 6.45) is 2.96. The molecule has 0 atom stereocenters. The van der Waals surface area contributed by atoms with Gasteiger partial charge in [0.15, 0.2) is 0 Å². The largest absolute Gasteiger partial charge is 0.498 e. The van der Waals surface area contributed by atoms with Crippen molar-refractivity contribution in [1.29, 1.82) is 0 Å². The molecule has 1 fully saturated rings. The van der Waals surface area contributed by atoms with Crippen molar-refractivity contribution in [1.82, 2.24) is 4.90 Å². The first kappa shape index (κ1) is 20.5. The minimum absolute atomic E-state index is 0.208. The average Bonchev–Trinajstić information content (AvgIpc) is 2.45. The van der Waals surface area contributed by atoms with Crippen LogP contribution in [0.4, 0.5) is 4.79 Å². The first-order chi connectivity index (χ1) is 11.4. The van der Waals surface area contributed by atoms with Crippen molar-refractivity contribution in [3.63, 3.8) is 0 Å². The SMILES string of the molecule is CC(C)(C)OC(=O)N1C=COCC1.CC1(C)OC(=O)C(C=O)C(=O)O1. The van der Waals surface area contributed by atoms with Crippen molar-refractivity contribution in [3.05, 3.63) is 12.5 Å². The van der Waals surface area contributed by atoms with Crippen LogP contribution in [0.5, 0.6) is 0 Å². The third kappa shape index (κ3) is 6.82. The van der Waals surface area contributed by atoms with Gasteiger partial charge in [-0.15, -0.1) is 0 Å². The standard InChI is InChI=1S/C9H15NO3.C7H8O5/c1-9(2,3)13-8(11)10-4-6-12-7-5-10;1-7(2)11-5(9)4(3-8)6(10)12-7/h4,6H,5,7H2,1-3H3;3-4H,1-2H3. The minimum Gasteiger partial charge on any atom is -0.498 e. The summed E-state index contributed by atoms with van der Waals surface area (Å²) in [5.41, 5.74) is -0.441. The van der Waals surface area contributed by atoms with Gasteiger partial charge in [-0.3, -0.25) is 14.5 Å². The number of esters is 2. The van der Waals surface area contributed by atoms with Crippen LogP contribution in [0.3, 0.4) is 0 Å². The monoisotopic (exact) mass is 357 g/mol. The Morgan fingerprint density at radius 2 is 1.84 bits per heavy atom. The molecule has 0 aliphatic carbocycles. The molecule has 1 amide bonds. The molecule has 9 nitrogen and oxygen atoms in total. The summed E-state index contributed by atoms with van der Waals surface area (Å²) in [5.74, 6) is -4.39. The van der Waals surface area contributed by atoms with E-state index in [1.807, 2.05) is 20.8 Å². The van der Waals surface area contributed by atoms with E-state index < -0.39 is 29.2 Å². The Hall–Kier alpha value is -2.58. The van der Waals surface area contributed by atoms with Gasteiger partial charge in [0, 0.05) is 20.0 Å². The Balaban J connectivity index is 0.000000251. The van der Waals surface area contributed by atoms with Crippen LogP contribution in [0.1, 0.15) is 34.6 Å². The molecule has 0 radical (unpaired) electrons. The summed E-state index contributed by atoms with van der Waals surface area (Å²) in [6, 6.07) is 0. The molecule has 0 bridgehead atoms. The van der Waals surface area contributed by atoms with Crippen molar-refractivity contribution in [2.45, 2.75) is 46.0 Å². The number of ether oxygens (including phenoxy) is 4. The Morgan fingerprint density at radius 1 is 1.28 bits per heavy atom. The molecule has 2 aliphatic rings. The van der Waals surface area contributed by atoms with E-state index >= 15 is 0 Å². The molecule has 0 aromatic rings. The van der Waals surface area contributed by atoms with Gasteiger partial charge in [-0.1, -0.05) is 0 Å². The smallest absolute Gasteiger partial charge is 0.414 e. The van der Waals surface area contributed by atoms with E-state index in [0.29, 0.717) is 13.2 Å². The molecule has 0 aromatic carbocycles. The van der Waals surface area contributed by atoms with Gasteiger partial charge in [0.1, 0.15) is 18.5 Å². The molecular formula is C16H23NO8. The van der Waals surface area contributed by atoms with Crippen LogP contribution < -0.4 is 0 Å². The summed E-state index contributed by atoms with van der Waals surface area (Å²) in [4.78, 5) is 44.9. The van der Waals surface area contributed by atoms with E-state index in [9.17, 15) is 19.2 Å². The quantitative estimate of drug-likeness (QED) is 0.393. The number of nitrogens with zero attached hydrogens (tertiary/aromatic N) is 1. The maximum absolute atomic E-state index is 11.4.